The highest BCUT2D eigenvalue weighted by atomic mass is 16.6. The minimum atomic E-state index is -0.366. The average molecular weight is 311 g/mol. The van der Waals surface area contributed by atoms with Crippen molar-refractivity contribution in [2.75, 3.05) is 23.4 Å². The molecule has 3 rings (SSSR count). The van der Waals surface area contributed by atoms with E-state index in [1.165, 1.54) is 0 Å². The number of aryl methyl sites for hydroxylation is 2. The molecule has 1 aromatic carbocycles. The summed E-state index contributed by atoms with van der Waals surface area (Å²) in [5.74, 6) is -0.191. The van der Waals surface area contributed by atoms with Gasteiger partial charge in [0, 0.05) is 29.3 Å². The highest BCUT2D eigenvalue weighted by Gasteiger charge is 2.23. The maximum Gasteiger partial charge on any atom is 0.414 e. The van der Waals surface area contributed by atoms with Crippen molar-refractivity contribution < 1.29 is 14.3 Å². The van der Waals surface area contributed by atoms with Crippen LogP contribution in [-0.4, -0.2) is 30.1 Å². The number of hydrogen-bond donors (Lipinski definition) is 1. The lowest BCUT2D eigenvalue weighted by Gasteiger charge is -2.15. The molecule has 2 amide bonds. The van der Waals surface area contributed by atoms with Crippen LogP contribution >= 0.6 is 0 Å². The number of amides is 2. The number of hydrogen-bond acceptors (Lipinski definition) is 4. The van der Waals surface area contributed by atoms with Gasteiger partial charge in [-0.15, -0.1) is 0 Å². The van der Waals surface area contributed by atoms with Crippen molar-refractivity contribution in [3.63, 3.8) is 0 Å². The van der Waals surface area contributed by atoms with Crippen molar-refractivity contribution in [3.8, 4) is 0 Å². The summed E-state index contributed by atoms with van der Waals surface area (Å²) >= 11 is 0. The molecule has 0 spiro atoms. The zero-order valence-electron chi connectivity index (χ0n) is 13.0. The molecular weight excluding hydrogens is 294 g/mol. The van der Waals surface area contributed by atoms with E-state index in [1.807, 2.05) is 19.9 Å². The van der Waals surface area contributed by atoms with Crippen LogP contribution in [0.3, 0.4) is 0 Å². The van der Waals surface area contributed by atoms with E-state index in [0.717, 1.165) is 11.1 Å². The molecule has 1 aliphatic heterocycles. The van der Waals surface area contributed by atoms with Gasteiger partial charge >= 0.3 is 6.09 Å². The SMILES string of the molecule is Cc1cncc(C)c1C(=O)Nc1cccc(N2CCOC2=O)c1. The third-order valence-corrected chi connectivity index (χ3v) is 3.73. The Kier molecular flexibility index (Phi) is 3.97. The molecule has 0 saturated carbocycles. The van der Waals surface area contributed by atoms with Gasteiger partial charge in [0.1, 0.15) is 6.61 Å². The predicted molar refractivity (Wildman–Crippen MR) is 86.8 cm³/mol. The lowest BCUT2D eigenvalue weighted by Crippen LogP contribution is -2.23. The highest BCUT2D eigenvalue weighted by molar-refractivity contribution is 6.06. The molecule has 2 heterocycles. The van der Waals surface area contributed by atoms with Crippen LogP contribution in [-0.2, 0) is 4.74 Å². The Morgan fingerprint density at radius 2 is 2.00 bits per heavy atom. The Balaban J connectivity index is 1.83. The van der Waals surface area contributed by atoms with Gasteiger partial charge in [0.15, 0.2) is 0 Å². The molecule has 1 aliphatic rings. The first kappa shape index (κ1) is 15.0. The third kappa shape index (κ3) is 3.01. The number of rotatable bonds is 3. The van der Waals surface area contributed by atoms with E-state index >= 15 is 0 Å². The van der Waals surface area contributed by atoms with Gasteiger partial charge in [-0.25, -0.2) is 4.79 Å². The van der Waals surface area contributed by atoms with Crippen molar-refractivity contribution in [2.24, 2.45) is 0 Å². The van der Waals surface area contributed by atoms with E-state index in [1.54, 1.807) is 35.5 Å². The summed E-state index contributed by atoms with van der Waals surface area (Å²) in [6.07, 6.45) is 2.96. The van der Waals surface area contributed by atoms with Crippen LogP contribution in [0.25, 0.3) is 0 Å². The smallest absolute Gasteiger partial charge is 0.414 e. The van der Waals surface area contributed by atoms with Crippen LogP contribution in [0.4, 0.5) is 16.2 Å². The fourth-order valence-electron chi connectivity index (χ4n) is 2.63. The number of carbonyl (C=O) groups excluding carboxylic acids is 2. The number of cyclic esters (lactones) is 1. The second-order valence-corrected chi connectivity index (χ2v) is 5.42. The van der Waals surface area contributed by atoms with E-state index in [9.17, 15) is 9.59 Å². The number of benzene rings is 1. The molecule has 0 aliphatic carbocycles. The van der Waals surface area contributed by atoms with Crippen LogP contribution < -0.4 is 10.2 Å². The van der Waals surface area contributed by atoms with Crippen molar-refractivity contribution in [1.29, 1.82) is 0 Å². The predicted octanol–water partition coefficient (Wildman–Crippen LogP) is 2.91. The van der Waals surface area contributed by atoms with Gasteiger partial charge < -0.3 is 10.1 Å². The Labute approximate surface area is 134 Å². The number of carbonyl (C=O) groups is 2. The number of ether oxygens (including phenoxy) is 1. The Morgan fingerprint density at radius 1 is 1.26 bits per heavy atom. The summed E-state index contributed by atoms with van der Waals surface area (Å²) in [7, 11) is 0. The van der Waals surface area contributed by atoms with E-state index < -0.39 is 0 Å². The lowest BCUT2D eigenvalue weighted by atomic mass is 10.1. The summed E-state index contributed by atoms with van der Waals surface area (Å²) in [6.45, 7) is 4.60. The standard InChI is InChI=1S/C17H17N3O3/c1-11-9-18-10-12(2)15(11)16(21)19-13-4-3-5-14(8-13)20-6-7-23-17(20)22/h3-5,8-10H,6-7H2,1-2H3,(H,19,21). The minimum absolute atomic E-state index is 0.191. The lowest BCUT2D eigenvalue weighted by molar-refractivity contribution is 0.102. The summed E-state index contributed by atoms with van der Waals surface area (Å²) in [4.78, 5) is 29.7. The van der Waals surface area contributed by atoms with E-state index in [4.69, 9.17) is 4.74 Å². The average Bonchev–Trinajstić information content (AvgIpc) is 2.93. The molecule has 1 saturated heterocycles. The van der Waals surface area contributed by atoms with Crippen LogP contribution in [0.1, 0.15) is 21.5 Å². The fourth-order valence-corrected chi connectivity index (χ4v) is 2.63. The van der Waals surface area contributed by atoms with Gasteiger partial charge in [0.2, 0.25) is 0 Å². The fraction of sp³-hybridized carbons (Fsp3) is 0.235. The van der Waals surface area contributed by atoms with Gasteiger partial charge in [-0.05, 0) is 43.2 Å². The van der Waals surface area contributed by atoms with Gasteiger partial charge in [-0.2, -0.15) is 0 Å². The molecule has 1 N–H and O–H groups in total. The van der Waals surface area contributed by atoms with Gasteiger partial charge in [0.05, 0.1) is 6.54 Å². The number of nitrogens with one attached hydrogen (secondary N) is 1. The van der Waals surface area contributed by atoms with Crippen LogP contribution in [0, 0.1) is 13.8 Å². The summed E-state index contributed by atoms with van der Waals surface area (Å²) in [5.41, 5.74) is 3.59. The first-order chi connectivity index (χ1) is 11.1. The molecule has 118 valence electrons. The second-order valence-electron chi connectivity index (χ2n) is 5.42. The molecule has 23 heavy (non-hydrogen) atoms. The number of aromatic nitrogens is 1. The molecule has 0 atom stereocenters. The molecule has 6 heteroatoms. The van der Waals surface area contributed by atoms with Gasteiger partial charge in [0.25, 0.3) is 5.91 Å². The van der Waals surface area contributed by atoms with Crippen LogP contribution in [0.2, 0.25) is 0 Å². The van der Waals surface area contributed by atoms with Crippen molar-refractivity contribution in [3.05, 3.63) is 53.3 Å². The zero-order valence-corrected chi connectivity index (χ0v) is 13.0. The maximum atomic E-state index is 12.5. The normalized spacial score (nSPS) is 13.8. The highest BCUT2D eigenvalue weighted by Crippen LogP contribution is 2.23. The molecule has 6 nitrogen and oxygen atoms in total. The van der Waals surface area contributed by atoms with Crippen molar-refractivity contribution in [2.45, 2.75) is 13.8 Å². The molecule has 2 aromatic rings. The molecule has 1 fully saturated rings. The quantitative estimate of drug-likeness (QED) is 0.946. The first-order valence-corrected chi connectivity index (χ1v) is 7.33. The van der Waals surface area contributed by atoms with Crippen molar-refractivity contribution in [1.82, 2.24) is 4.98 Å². The Morgan fingerprint density at radius 3 is 2.65 bits per heavy atom. The molecule has 0 unspecified atom stereocenters. The Bertz CT molecular complexity index is 753. The van der Waals surface area contributed by atoms with Gasteiger partial charge in [-0.3, -0.25) is 14.7 Å². The topological polar surface area (TPSA) is 71.5 Å². The zero-order chi connectivity index (χ0) is 16.4. The number of nitrogens with zero attached hydrogens (tertiary/aromatic N) is 2. The first-order valence-electron chi connectivity index (χ1n) is 7.33. The maximum absolute atomic E-state index is 12.5. The molecular formula is C17H17N3O3. The van der Waals surface area contributed by atoms with Gasteiger partial charge in [-0.1, -0.05) is 6.07 Å². The number of anilines is 2. The van der Waals surface area contributed by atoms with Crippen LogP contribution in [0.15, 0.2) is 36.7 Å². The van der Waals surface area contributed by atoms with Crippen LogP contribution in [0.5, 0.6) is 0 Å². The van der Waals surface area contributed by atoms with E-state index in [0.29, 0.717) is 30.1 Å². The number of pyridine rings is 1. The van der Waals surface area contributed by atoms with E-state index in [-0.39, 0.29) is 12.0 Å². The summed E-state index contributed by atoms with van der Waals surface area (Å²) in [6, 6.07) is 7.15. The molecule has 1 aromatic heterocycles. The largest absolute Gasteiger partial charge is 0.447 e. The third-order valence-electron chi connectivity index (χ3n) is 3.73. The minimum Gasteiger partial charge on any atom is -0.447 e. The Hall–Kier alpha value is -2.89. The van der Waals surface area contributed by atoms with E-state index in [2.05, 4.69) is 10.3 Å². The molecule has 0 radical (unpaired) electrons. The summed E-state index contributed by atoms with van der Waals surface area (Å²) in [5, 5.41) is 2.87. The summed E-state index contributed by atoms with van der Waals surface area (Å²) < 4.78 is 4.93. The second kappa shape index (κ2) is 6.08. The monoisotopic (exact) mass is 311 g/mol. The molecule has 0 bridgehead atoms. The van der Waals surface area contributed by atoms with Crippen molar-refractivity contribution >= 4 is 23.4 Å².